The number of aromatic amines is 1. The number of alkyl halides is 3. The quantitative estimate of drug-likeness (QED) is 0.380. The van der Waals surface area contributed by atoms with Gasteiger partial charge in [-0.05, 0) is 36.6 Å². The first kappa shape index (κ1) is 21.9. The molecule has 164 valence electrons. The number of carbonyl (C=O) groups excluding carboxylic acids is 1. The van der Waals surface area contributed by atoms with Crippen LogP contribution < -0.4 is 5.32 Å². The van der Waals surface area contributed by atoms with Gasteiger partial charge in [-0.2, -0.15) is 23.3 Å². The second kappa shape index (κ2) is 8.67. The number of anilines is 1. The Bertz CT molecular complexity index is 1270. The normalized spacial score (nSPS) is 11.5. The molecule has 32 heavy (non-hydrogen) atoms. The maximum Gasteiger partial charge on any atom is 0.435 e. The van der Waals surface area contributed by atoms with Crippen LogP contribution in [0, 0.1) is 0 Å². The lowest BCUT2D eigenvalue weighted by atomic mass is 10.1. The number of carbonyl (C=O) groups is 1. The van der Waals surface area contributed by atoms with Gasteiger partial charge < -0.3 is 0 Å². The topological polar surface area (TPSA) is 88.5 Å². The van der Waals surface area contributed by atoms with Gasteiger partial charge in [0.25, 0.3) is 5.91 Å². The van der Waals surface area contributed by atoms with E-state index < -0.39 is 17.8 Å². The number of halogens is 4. The molecule has 1 amide bonds. The van der Waals surface area contributed by atoms with E-state index in [-0.39, 0.29) is 22.2 Å². The summed E-state index contributed by atoms with van der Waals surface area (Å²) >= 11 is 7.52. The summed E-state index contributed by atoms with van der Waals surface area (Å²) < 4.78 is 41.2. The van der Waals surface area contributed by atoms with E-state index in [1.54, 1.807) is 24.3 Å². The number of nitrogens with one attached hydrogen (secondary N) is 2. The highest BCUT2D eigenvalue weighted by molar-refractivity contribution is 7.98. The number of hydrogen-bond acceptors (Lipinski definition) is 5. The third-order valence-corrected chi connectivity index (χ3v) is 5.30. The van der Waals surface area contributed by atoms with Crippen LogP contribution in [0.1, 0.15) is 16.1 Å². The number of H-pyrrole nitrogens is 1. The predicted molar refractivity (Wildman–Crippen MR) is 115 cm³/mol. The molecule has 2 aromatic carbocycles. The van der Waals surface area contributed by atoms with E-state index in [1.165, 1.54) is 36.0 Å². The van der Waals surface area contributed by atoms with E-state index in [4.69, 9.17) is 11.6 Å². The Labute approximate surface area is 189 Å². The molecule has 0 aliphatic heterocycles. The molecule has 0 fully saturated rings. The molecule has 2 N–H and O–H groups in total. The van der Waals surface area contributed by atoms with Crippen LogP contribution in [-0.4, -0.2) is 37.1 Å². The molecule has 0 aliphatic carbocycles. The van der Waals surface area contributed by atoms with Crippen molar-refractivity contribution in [3.8, 4) is 16.9 Å². The zero-order valence-corrected chi connectivity index (χ0v) is 17.9. The van der Waals surface area contributed by atoms with Gasteiger partial charge in [0, 0.05) is 11.1 Å². The third-order valence-electron chi connectivity index (χ3n) is 4.41. The second-order valence-electron chi connectivity index (χ2n) is 6.48. The molecule has 0 saturated heterocycles. The Morgan fingerprint density at radius 1 is 1.16 bits per heavy atom. The number of para-hydroxylation sites is 1. The first-order chi connectivity index (χ1) is 15.3. The molecule has 0 unspecified atom stereocenters. The number of hydrogen-bond donors (Lipinski definition) is 2. The monoisotopic (exact) mass is 478 g/mol. The molecule has 0 bridgehead atoms. The van der Waals surface area contributed by atoms with Crippen molar-refractivity contribution in [3.63, 3.8) is 0 Å². The van der Waals surface area contributed by atoms with Crippen molar-refractivity contribution in [2.45, 2.75) is 11.3 Å². The Morgan fingerprint density at radius 2 is 1.88 bits per heavy atom. The average Bonchev–Trinajstić information content (AvgIpc) is 3.41. The van der Waals surface area contributed by atoms with Gasteiger partial charge in [-0.15, -0.1) is 5.10 Å². The predicted octanol–water partition coefficient (Wildman–Crippen LogP) is 5.30. The highest BCUT2D eigenvalue weighted by Gasteiger charge is 2.35. The van der Waals surface area contributed by atoms with Gasteiger partial charge in [0.15, 0.2) is 10.9 Å². The highest BCUT2D eigenvalue weighted by Crippen LogP contribution is 2.34. The SMILES string of the molecule is CSc1nc(NC(=O)c2ccc(-c3cc(C(F)(F)F)nn3-c3ccccc3Cl)cc2)n[nH]1. The lowest BCUT2D eigenvalue weighted by molar-refractivity contribution is -0.141. The van der Waals surface area contributed by atoms with Gasteiger partial charge in [0.05, 0.1) is 16.4 Å². The van der Waals surface area contributed by atoms with E-state index in [0.29, 0.717) is 16.4 Å². The fourth-order valence-electron chi connectivity index (χ4n) is 2.89. The standard InChI is InChI=1S/C20H14ClF3N6OS/c1-32-19-26-18(27-28-19)25-17(31)12-8-6-11(7-9-12)15-10-16(20(22,23)24)29-30(15)14-5-3-2-4-13(14)21/h2-10H,1H3,(H2,25,26,27,28,31). The summed E-state index contributed by atoms with van der Waals surface area (Å²) in [7, 11) is 0. The molecule has 4 rings (SSSR count). The van der Waals surface area contributed by atoms with Crippen LogP contribution in [0.4, 0.5) is 19.1 Å². The Kier molecular flexibility index (Phi) is 5.94. The molecule has 0 radical (unpaired) electrons. The van der Waals surface area contributed by atoms with E-state index in [9.17, 15) is 18.0 Å². The molecule has 2 aromatic heterocycles. The van der Waals surface area contributed by atoms with Gasteiger partial charge in [0.1, 0.15) is 0 Å². The number of aromatic nitrogens is 5. The van der Waals surface area contributed by atoms with E-state index in [0.717, 1.165) is 10.7 Å². The van der Waals surface area contributed by atoms with Crippen molar-refractivity contribution in [1.82, 2.24) is 25.0 Å². The van der Waals surface area contributed by atoms with Crippen LogP contribution in [0.3, 0.4) is 0 Å². The van der Waals surface area contributed by atoms with E-state index >= 15 is 0 Å². The zero-order valence-electron chi connectivity index (χ0n) is 16.3. The summed E-state index contributed by atoms with van der Waals surface area (Å²) in [5.74, 6) is -0.339. The van der Waals surface area contributed by atoms with E-state index in [1.807, 2.05) is 6.26 Å². The van der Waals surface area contributed by atoms with Crippen LogP contribution in [0.5, 0.6) is 0 Å². The summed E-state index contributed by atoms with van der Waals surface area (Å²) in [5, 5.41) is 13.6. The van der Waals surface area contributed by atoms with Gasteiger partial charge in [-0.3, -0.25) is 15.2 Å². The fraction of sp³-hybridized carbons (Fsp3) is 0.100. The summed E-state index contributed by atoms with van der Waals surface area (Å²) in [6, 6.07) is 13.4. The number of rotatable bonds is 5. The summed E-state index contributed by atoms with van der Waals surface area (Å²) in [6.45, 7) is 0. The molecular weight excluding hydrogens is 465 g/mol. The molecule has 7 nitrogen and oxygen atoms in total. The minimum Gasteiger partial charge on any atom is -0.289 e. The van der Waals surface area contributed by atoms with Gasteiger partial charge in [0.2, 0.25) is 5.95 Å². The lowest BCUT2D eigenvalue weighted by Gasteiger charge is -2.10. The first-order valence-electron chi connectivity index (χ1n) is 9.06. The Balaban J connectivity index is 1.67. The van der Waals surface area contributed by atoms with Crippen LogP contribution in [0.15, 0.2) is 59.8 Å². The Morgan fingerprint density at radius 3 is 2.50 bits per heavy atom. The van der Waals surface area contributed by atoms with Crippen molar-refractivity contribution in [2.24, 2.45) is 0 Å². The van der Waals surface area contributed by atoms with Crippen LogP contribution in [0.2, 0.25) is 5.02 Å². The molecular formula is C20H14ClF3N6OS. The van der Waals surface area contributed by atoms with Crippen LogP contribution in [0.25, 0.3) is 16.9 Å². The Hall–Kier alpha value is -3.31. The average molecular weight is 479 g/mol. The molecule has 0 spiro atoms. The molecule has 0 saturated carbocycles. The maximum atomic E-state index is 13.3. The smallest absolute Gasteiger partial charge is 0.289 e. The molecule has 2 heterocycles. The number of amides is 1. The van der Waals surface area contributed by atoms with Gasteiger partial charge in [-0.25, -0.2) is 4.68 Å². The summed E-state index contributed by atoms with van der Waals surface area (Å²) in [5.41, 5.74) is 0.131. The molecule has 0 atom stereocenters. The number of benzene rings is 2. The van der Waals surface area contributed by atoms with E-state index in [2.05, 4.69) is 25.6 Å². The first-order valence-corrected chi connectivity index (χ1v) is 10.7. The van der Waals surface area contributed by atoms with Crippen LogP contribution >= 0.6 is 23.4 Å². The molecule has 12 heteroatoms. The molecule has 4 aromatic rings. The van der Waals surface area contributed by atoms with Crippen molar-refractivity contribution in [2.75, 3.05) is 11.6 Å². The van der Waals surface area contributed by atoms with Crippen molar-refractivity contribution in [3.05, 3.63) is 70.9 Å². The van der Waals surface area contributed by atoms with Crippen molar-refractivity contribution >= 4 is 35.2 Å². The van der Waals surface area contributed by atoms with Crippen molar-refractivity contribution < 1.29 is 18.0 Å². The number of thioether (sulfide) groups is 1. The summed E-state index contributed by atoms with van der Waals surface area (Å²) in [6.07, 6.45) is -2.82. The van der Waals surface area contributed by atoms with Gasteiger partial charge >= 0.3 is 6.18 Å². The zero-order chi connectivity index (χ0) is 22.9. The largest absolute Gasteiger partial charge is 0.435 e. The van der Waals surface area contributed by atoms with Crippen LogP contribution in [-0.2, 0) is 6.18 Å². The lowest BCUT2D eigenvalue weighted by Crippen LogP contribution is -2.13. The maximum absolute atomic E-state index is 13.3. The van der Waals surface area contributed by atoms with Crippen molar-refractivity contribution in [1.29, 1.82) is 0 Å². The molecule has 0 aliphatic rings. The third kappa shape index (κ3) is 4.48. The minimum absolute atomic E-state index is 0.120. The second-order valence-corrected chi connectivity index (χ2v) is 7.68. The minimum atomic E-state index is -4.63. The fourth-order valence-corrected chi connectivity index (χ4v) is 3.42. The number of nitrogens with zero attached hydrogens (tertiary/aromatic N) is 4. The highest BCUT2D eigenvalue weighted by atomic mass is 35.5. The summed E-state index contributed by atoms with van der Waals surface area (Å²) in [4.78, 5) is 16.5. The van der Waals surface area contributed by atoms with Gasteiger partial charge in [-0.1, -0.05) is 47.6 Å².